The van der Waals surface area contributed by atoms with Gasteiger partial charge in [-0.15, -0.1) is 0 Å². The average molecular weight is 383 g/mol. The van der Waals surface area contributed by atoms with Crippen LogP contribution in [0.2, 0.25) is 0 Å². The predicted molar refractivity (Wildman–Crippen MR) is 92.4 cm³/mol. The van der Waals surface area contributed by atoms with E-state index in [1.807, 2.05) is 9.80 Å². The monoisotopic (exact) mass is 383 g/mol. The number of nitrogens with one attached hydrogen (secondary N) is 1. The molecule has 7 nitrogen and oxygen atoms in total. The van der Waals surface area contributed by atoms with Crippen molar-refractivity contribution in [2.45, 2.75) is 26.1 Å². The largest absolute Gasteiger partial charge is 0.417 e. The van der Waals surface area contributed by atoms with Crippen LogP contribution in [0.1, 0.15) is 18.2 Å². The highest BCUT2D eigenvalue weighted by Gasteiger charge is 2.31. The van der Waals surface area contributed by atoms with Crippen LogP contribution in [-0.2, 0) is 11.0 Å². The lowest BCUT2D eigenvalue weighted by molar-refractivity contribution is -0.137. The van der Waals surface area contributed by atoms with Crippen LogP contribution in [-0.4, -0.2) is 53.2 Å². The first-order chi connectivity index (χ1) is 12.7. The van der Waals surface area contributed by atoms with E-state index in [1.54, 1.807) is 19.9 Å². The molecule has 0 saturated carbocycles. The van der Waals surface area contributed by atoms with Gasteiger partial charge in [0.1, 0.15) is 11.6 Å². The molecule has 1 saturated heterocycles. The average Bonchev–Trinajstić information content (AvgIpc) is 3.05. The molecule has 0 bridgehead atoms. The number of alkyl halides is 3. The van der Waals surface area contributed by atoms with Crippen molar-refractivity contribution in [3.05, 3.63) is 35.7 Å². The molecule has 1 aliphatic rings. The van der Waals surface area contributed by atoms with Gasteiger partial charge in [0, 0.05) is 38.4 Å². The van der Waals surface area contributed by atoms with Gasteiger partial charge in [-0.1, -0.05) is 5.16 Å². The lowest BCUT2D eigenvalue weighted by Gasteiger charge is -2.37. The van der Waals surface area contributed by atoms with E-state index in [9.17, 15) is 18.0 Å². The van der Waals surface area contributed by atoms with Crippen LogP contribution in [0.3, 0.4) is 0 Å². The molecule has 10 heteroatoms. The number of amides is 1. The standard InChI is InChI=1S/C17H20F3N5O2/c1-11-9-14(23-27-11)22-16(26)12(2)24-5-7-25(8-6-24)15-4-3-13(10-21-15)17(18,19)20/h3-4,9-10,12H,5-8H2,1-2H3,(H,22,23,26). The summed E-state index contributed by atoms with van der Waals surface area (Å²) in [7, 11) is 0. The van der Waals surface area contributed by atoms with Crippen molar-refractivity contribution in [3.63, 3.8) is 0 Å². The Labute approximate surface area is 154 Å². The normalized spacial score (nSPS) is 17.0. The maximum absolute atomic E-state index is 12.6. The molecule has 27 heavy (non-hydrogen) atoms. The van der Waals surface area contributed by atoms with Gasteiger partial charge in [-0.05, 0) is 26.0 Å². The van der Waals surface area contributed by atoms with Gasteiger partial charge >= 0.3 is 6.18 Å². The van der Waals surface area contributed by atoms with E-state index in [0.29, 0.717) is 43.6 Å². The summed E-state index contributed by atoms with van der Waals surface area (Å²) in [6.45, 7) is 5.86. The van der Waals surface area contributed by atoms with Crippen LogP contribution in [0.25, 0.3) is 0 Å². The SMILES string of the molecule is Cc1cc(NC(=O)C(C)N2CCN(c3ccc(C(F)(F)F)cn3)CC2)no1. The first-order valence-electron chi connectivity index (χ1n) is 8.50. The molecule has 1 unspecified atom stereocenters. The van der Waals surface area contributed by atoms with Crippen molar-refractivity contribution < 1.29 is 22.5 Å². The maximum atomic E-state index is 12.6. The quantitative estimate of drug-likeness (QED) is 0.875. The summed E-state index contributed by atoms with van der Waals surface area (Å²) in [6, 6.07) is 3.68. The fourth-order valence-electron chi connectivity index (χ4n) is 2.90. The summed E-state index contributed by atoms with van der Waals surface area (Å²) >= 11 is 0. The van der Waals surface area contributed by atoms with Crippen molar-refractivity contribution in [1.29, 1.82) is 0 Å². The molecule has 0 aromatic carbocycles. The first kappa shape index (κ1) is 19.2. The van der Waals surface area contributed by atoms with Gasteiger partial charge < -0.3 is 14.7 Å². The number of piperazine rings is 1. The lowest BCUT2D eigenvalue weighted by atomic mass is 10.2. The molecule has 1 atom stereocenters. The first-order valence-corrected chi connectivity index (χ1v) is 8.50. The van der Waals surface area contributed by atoms with Gasteiger partial charge in [-0.2, -0.15) is 13.2 Å². The maximum Gasteiger partial charge on any atom is 0.417 e. The van der Waals surface area contributed by atoms with Crippen LogP contribution in [0.5, 0.6) is 0 Å². The Morgan fingerprint density at radius 3 is 2.48 bits per heavy atom. The highest BCUT2D eigenvalue weighted by atomic mass is 19.4. The summed E-state index contributed by atoms with van der Waals surface area (Å²) in [6.07, 6.45) is -3.55. The minimum Gasteiger partial charge on any atom is -0.360 e. The molecule has 1 N–H and O–H groups in total. The number of pyridine rings is 1. The molecule has 3 heterocycles. The molecule has 2 aromatic rings. The number of carbonyl (C=O) groups excluding carboxylic acids is 1. The minimum atomic E-state index is -4.39. The summed E-state index contributed by atoms with van der Waals surface area (Å²) in [5.74, 6) is 1.29. The number of hydrogen-bond donors (Lipinski definition) is 1. The summed E-state index contributed by atoms with van der Waals surface area (Å²) < 4.78 is 42.8. The summed E-state index contributed by atoms with van der Waals surface area (Å²) in [4.78, 5) is 20.2. The van der Waals surface area contributed by atoms with E-state index >= 15 is 0 Å². The molecule has 0 radical (unpaired) electrons. The Morgan fingerprint density at radius 2 is 1.96 bits per heavy atom. The Bertz CT molecular complexity index is 783. The fourth-order valence-corrected chi connectivity index (χ4v) is 2.90. The Kier molecular flexibility index (Phi) is 5.36. The highest BCUT2D eigenvalue weighted by Crippen LogP contribution is 2.29. The Hall–Kier alpha value is -2.62. The molecule has 2 aromatic heterocycles. The lowest BCUT2D eigenvalue weighted by Crippen LogP contribution is -2.53. The third kappa shape index (κ3) is 4.57. The van der Waals surface area contributed by atoms with Crippen molar-refractivity contribution >= 4 is 17.5 Å². The topological polar surface area (TPSA) is 74.5 Å². The van der Waals surface area contributed by atoms with Gasteiger partial charge in [-0.25, -0.2) is 4.98 Å². The number of hydrogen-bond acceptors (Lipinski definition) is 6. The van der Waals surface area contributed by atoms with Crippen molar-refractivity contribution in [2.75, 3.05) is 36.4 Å². The van der Waals surface area contributed by atoms with E-state index in [1.165, 1.54) is 6.07 Å². The van der Waals surface area contributed by atoms with Crippen LogP contribution >= 0.6 is 0 Å². The summed E-state index contributed by atoms with van der Waals surface area (Å²) in [5.41, 5.74) is -0.765. The Morgan fingerprint density at radius 1 is 1.26 bits per heavy atom. The van der Waals surface area contributed by atoms with E-state index in [0.717, 1.165) is 12.3 Å². The smallest absolute Gasteiger partial charge is 0.360 e. The van der Waals surface area contributed by atoms with Crippen LogP contribution in [0.4, 0.5) is 24.8 Å². The molecular formula is C17H20F3N5O2. The molecule has 1 fully saturated rings. The molecule has 0 aliphatic carbocycles. The molecular weight excluding hydrogens is 363 g/mol. The number of anilines is 2. The molecule has 1 aliphatic heterocycles. The van der Waals surface area contributed by atoms with Crippen molar-refractivity contribution in [1.82, 2.24) is 15.0 Å². The predicted octanol–water partition coefficient (Wildman–Crippen LogP) is 2.55. The number of aromatic nitrogens is 2. The highest BCUT2D eigenvalue weighted by molar-refractivity contribution is 5.93. The zero-order chi connectivity index (χ0) is 19.6. The number of carbonyl (C=O) groups is 1. The van der Waals surface area contributed by atoms with Crippen LogP contribution < -0.4 is 10.2 Å². The van der Waals surface area contributed by atoms with Crippen LogP contribution in [0.15, 0.2) is 28.9 Å². The van der Waals surface area contributed by atoms with Gasteiger partial charge in [0.2, 0.25) is 5.91 Å². The van der Waals surface area contributed by atoms with E-state index in [2.05, 4.69) is 15.5 Å². The summed E-state index contributed by atoms with van der Waals surface area (Å²) in [5, 5.41) is 6.44. The van der Waals surface area contributed by atoms with E-state index < -0.39 is 11.7 Å². The van der Waals surface area contributed by atoms with Gasteiger partial charge in [-0.3, -0.25) is 9.69 Å². The molecule has 1 amide bonds. The molecule has 3 rings (SSSR count). The third-order valence-electron chi connectivity index (χ3n) is 4.52. The van der Waals surface area contributed by atoms with E-state index in [-0.39, 0.29) is 11.9 Å². The van der Waals surface area contributed by atoms with E-state index in [4.69, 9.17) is 4.52 Å². The minimum absolute atomic E-state index is 0.190. The van der Waals surface area contributed by atoms with Crippen molar-refractivity contribution in [2.24, 2.45) is 0 Å². The zero-order valence-electron chi connectivity index (χ0n) is 15.0. The van der Waals surface area contributed by atoms with Gasteiger partial charge in [0.15, 0.2) is 5.82 Å². The molecule has 146 valence electrons. The van der Waals surface area contributed by atoms with Gasteiger partial charge in [0.05, 0.1) is 11.6 Å². The number of halogens is 3. The zero-order valence-corrected chi connectivity index (χ0v) is 15.0. The molecule has 0 spiro atoms. The second-order valence-electron chi connectivity index (χ2n) is 6.41. The number of rotatable bonds is 4. The van der Waals surface area contributed by atoms with Crippen LogP contribution in [0, 0.1) is 6.92 Å². The fraction of sp³-hybridized carbons (Fsp3) is 0.471. The van der Waals surface area contributed by atoms with Crippen molar-refractivity contribution in [3.8, 4) is 0 Å². The van der Waals surface area contributed by atoms with Gasteiger partial charge in [0.25, 0.3) is 0 Å². The number of aryl methyl sites for hydroxylation is 1. The second-order valence-corrected chi connectivity index (χ2v) is 6.41. The third-order valence-corrected chi connectivity index (χ3v) is 4.52. The second kappa shape index (κ2) is 7.55. The number of nitrogens with zero attached hydrogens (tertiary/aromatic N) is 4. The Balaban J connectivity index is 1.54.